The van der Waals surface area contributed by atoms with Crippen LogP contribution in [0.2, 0.25) is 0 Å². The fraction of sp³-hybridized carbons (Fsp3) is 0.300. The monoisotopic (exact) mass is 147 g/mol. The maximum Gasteiger partial charge on any atom is 0.0373 e. The van der Waals surface area contributed by atoms with Gasteiger partial charge in [0.15, 0.2) is 0 Å². The Bertz CT molecular complexity index is 257. The Kier molecular flexibility index (Phi) is 2.42. The van der Waals surface area contributed by atoms with Gasteiger partial charge in [0.25, 0.3) is 0 Å². The molecule has 0 fully saturated rings. The van der Waals surface area contributed by atoms with E-state index >= 15 is 0 Å². The van der Waals surface area contributed by atoms with Gasteiger partial charge in [-0.2, -0.15) is 0 Å². The number of nitrogens with zero attached hydrogens (tertiary/aromatic N) is 1. The van der Waals surface area contributed by atoms with Crippen molar-refractivity contribution in [3.05, 3.63) is 35.7 Å². The van der Waals surface area contributed by atoms with Crippen LogP contribution in [0.25, 0.3) is 5.57 Å². The Morgan fingerprint density at radius 2 is 2.18 bits per heavy atom. The van der Waals surface area contributed by atoms with Crippen LogP contribution < -0.4 is 0 Å². The Hall–Kier alpha value is -1.11. The van der Waals surface area contributed by atoms with Crippen LogP contribution in [0.1, 0.15) is 25.1 Å². The highest BCUT2D eigenvalue weighted by Crippen LogP contribution is 2.11. The van der Waals surface area contributed by atoms with Gasteiger partial charge in [0.2, 0.25) is 0 Å². The molecule has 0 aliphatic carbocycles. The molecule has 0 aliphatic rings. The normalized spacial score (nSPS) is 11.7. The first-order chi connectivity index (χ1) is 5.24. The summed E-state index contributed by atoms with van der Waals surface area (Å²) in [7, 11) is 0. The molecule has 1 rings (SSSR count). The van der Waals surface area contributed by atoms with Gasteiger partial charge in [0.05, 0.1) is 0 Å². The quantitative estimate of drug-likeness (QED) is 0.595. The van der Waals surface area contributed by atoms with Crippen molar-refractivity contribution in [1.82, 2.24) is 4.98 Å². The second-order valence-electron chi connectivity index (χ2n) is 2.66. The zero-order valence-corrected chi connectivity index (χ0v) is 7.26. The summed E-state index contributed by atoms with van der Waals surface area (Å²) in [5.74, 6) is 0. The molecule has 0 spiro atoms. The Balaban J connectivity index is 2.99. The van der Waals surface area contributed by atoms with Crippen LogP contribution in [0.5, 0.6) is 0 Å². The SMILES string of the molecule is C/C=C(\C)c1ccc(C)nc1. The van der Waals surface area contributed by atoms with E-state index < -0.39 is 0 Å². The minimum Gasteiger partial charge on any atom is -0.261 e. The molecule has 0 bridgehead atoms. The highest BCUT2D eigenvalue weighted by atomic mass is 14.7. The maximum atomic E-state index is 4.21. The molecule has 1 heteroatoms. The molecule has 0 N–H and O–H groups in total. The molecule has 11 heavy (non-hydrogen) atoms. The molecule has 0 aliphatic heterocycles. The van der Waals surface area contributed by atoms with Gasteiger partial charge in [0.1, 0.15) is 0 Å². The Morgan fingerprint density at radius 1 is 1.45 bits per heavy atom. The zero-order chi connectivity index (χ0) is 8.27. The predicted molar refractivity (Wildman–Crippen MR) is 48.3 cm³/mol. The highest BCUT2D eigenvalue weighted by Gasteiger charge is 1.92. The second-order valence-corrected chi connectivity index (χ2v) is 2.66. The van der Waals surface area contributed by atoms with Crippen LogP contribution in [-0.4, -0.2) is 4.98 Å². The molecule has 0 radical (unpaired) electrons. The summed E-state index contributed by atoms with van der Waals surface area (Å²) < 4.78 is 0. The molecule has 0 unspecified atom stereocenters. The second kappa shape index (κ2) is 3.33. The Morgan fingerprint density at radius 3 is 2.64 bits per heavy atom. The minimum absolute atomic E-state index is 1.07. The largest absolute Gasteiger partial charge is 0.261 e. The van der Waals surface area contributed by atoms with Crippen molar-refractivity contribution in [2.24, 2.45) is 0 Å². The van der Waals surface area contributed by atoms with E-state index in [-0.39, 0.29) is 0 Å². The van der Waals surface area contributed by atoms with E-state index in [1.807, 2.05) is 26.1 Å². The van der Waals surface area contributed by atoms with Crippen molar-refractivity contribution in [3.63, 3.8) is 0 Å². The molecule has 1 nitrogen and oxygen atoms in total. The molecule has 1 aromatic heterocycles. The number of allylic oxidation sites excluding steroid dienone is 2. The van der Waals surface area contributed by atoms with Crippen LogP contribution in [0.3, 0.4) is 0 Å². The molecule has 0 saturated heterocycles. The summed E-state index contributed by atoms with van der Waals surface area (Å²) in [5, 5.41) is 0. The van der Waals surface area contributed by atoms with Crippen LogP contribution in [0, 0.1) is 6.92 Å². The number of pyridine rings is 1. The van der Waals surface area contributed by atoms with Crippen LogP contribution in [0.4, 0.5) is 0 Å². The molecule has 0 saturated carbocycles. The van der Waals surface area contributed by atoms with Crippen LogP contribution in [-0.2, 0) is 0 Å². The van der Waals surface area contributed by atoms with E-state index in [0.29, 0.717) is 0 Å². The van der Waals surface area contributed by atoms with Gasteiger partial charge in [-0.05, 0) is 38.0 Å². The average molecular weight is 147 g/mol. The molecule has 0 amide bonds. The van der Waals surface area contributed by atoms with E-state index in [1.165, 1.54) is 11.1 Å². The van der Waals surface area contributed by atoms with Crippen molar-refractivity contribution in [2.45, 2.75) is 20.8 Å². The number of hydrogen-bond acceptors (Lipinski definition) is 1. The van der Waals surface area contributed by atoms with Crippen molar-refractivity contribution in [1.29, 1.82) is 0 Å². The first kappa shape index (κ1) is 7.99. The number of hydrogen-bond donors (Lipinski definition) is 0. The fourth-order valence-corrected chi connectivity index (χ4v) is 0.868. The summed E-state index contributed by atoms with van der Waals surface area (Å²) in [4.78, 5) is 4.21. The highest BCUT2D eigenvalue weighted by molar-refractivity contribution is 5.62. The summed E-state index contributed by atoms with van der Waals surface area (Å²) >= 11 is 0. The van der Waals surface area contributed by atoms with Gasteiger partial charge in [0, 0.05) is 11.9 Å². The standard InChI is InChI=1S/C10H13N/c1-4-8(2)10-6-5-9(3)11-7-10/h4-7H,1-3H3/b8-4+. The van der Waals surface area contributed by atoms with Gasteiger partial charge in [-0.15, -0.1) is 0 Å². The third kappa shape index (κ3) is 1.90. The predicted octanol–water partition coefficient (Wildman–Crippen LogP) is 2.81. The van der Waals surface area contributed by atoms with Crippen molar-refractivity contribution in [3.8, 4) is 0 Å². The molecule has 0 atom stereocenters. The van der Waals surface area contributed by atoms with Gasteiger partial charge in [-0.25, -0.2) is 0 Å². The van der Waals surface area contributed by atoms with E-state index in [9.17, 15) is 0 Å². The average Bonchev–Trinajstić information content (AvgIpc) is 2.05. The molecule has 1 aromatic rings. The topological polar surface area (TPSA) is 12.9 Å². The third-order valence-electron chi connectivity index (χ3n) is 1.80. The van der Waals surface area contributed by atoms with Crippen molar-refractivity contribution in [2.75, 3.05) is 0 Å². The van der Waals surface area contributed by atoms with E-state index in [1.54, 1.807) is 0 Å². The molecular weight excluding hydrogens is 134 g/mol. The number of rotatable bonds is 1. The molecular formula is C10H13N. The van der Waals surface area contributed by atoms with Crippen molar-refractivity contribution < 1.29 is 0 Å². The number of aromatic nitrogens is 1. The molecule has 0 aromatic carbocycles. The van der Waals surface area contributed by atoms with E-state index in [4.69, 9.17) is 0 Å². The van der Waals surface area contributed by atoms with E-state index in [2.05, 4.69) is 24.1 Å². The summed E-state index contributed by atoms with van der Waals surface area (Å²) in [6, 6.07) is 4.12. The van der Waals surface area contributed by atoms with Crippen molar-refractivity contribution >= 4 is 5.57 Å². The molecule has 1 heterocycles. The van der Waals surface area contributed by atoms with Crippen LogP contribution in [0.15, 0.2) is 24.4 Å². The zero-order valence-electron chi connectivity index (χ0n) is 7.26. The number of aryl methyl sites for hydroxylation is 1. The van der Waals surface area contributed by atoms with Crippen LogP contribution >= 0.6 is 0 Å². The first-order valence-corrected chi connectivity index (χ1v) is 3.80. The summed E-state index contributed by atoms with van der Waals surface area (Å²) in [6.45, 7) is 6.12. The smallest absolute Gasteiger partial charge is 0.0373 e. The third-order valence-corrected chi connectivity index (χ3v) is 1.80. The lowest BCUT2D eigenvalue weighted by atomic mass is 10.1. The maximum absolute atomic E-state index is 4.21. The van der Waals surface area contributed by atoms with Gasteiger partial charge >= 0.3 is 0 Å². The summed E-state index contributed by atoms with van der Waals surface area (Å²) in [6.07, 6.45) is 4.00. The van der Waals surface area contributed by atoms with E-state index in [0.717, 1.165) is 5.69 Å². The minimum atomic E-state index is 1.07. The first-order valence-electron chi connectivity index (χ1n) is 3.80. The Labute approximate surface area is 67.8 Å². The lowest BCUT2D eigenvalue weighted by Crippen LogP contribution is -1.83. The van der Waals surface area contributed by atoms with Gasteiger partial charge in [-0.3, -0.25) is 4.98 Å². The molecule has 58 valence electrons. The van der Waals surface area contributed by atoms with Gasteiger partial charge < -0.3 is 0 Å². The van der Waals surface area contributed by atoms with Gasteiger partial charge in [-0.1, -0.05) is 12.1 Å². The lowest BCUT2D eigenvalue weighted by Gasteiger charge is -1.99. The summed E-state index contributed by atoms with van der Waals surface area (Å²) in [5.41, 5.74) is 3.55. The lowest BCUT2D eigenvalue weighted by molar-refractivity contribution is 1.19. The fourth-order valence-electron chi connectivity index (χ4n) is 0.868.